The van der Waals surface area contributed by atoms with E-state index < -0.39 is 47.4 Å². The van der Waals surface area contributed by atoms with Crippen molar-refractivity contribution in [2.45, 2.75) is 6.04 Å². The van der Waals surface area contributed by atoms with Crippen molar-refractivity contribution in [3.05, 3.63) is 29.1 Å². The Labute approximate surface area is 99.2 Å². The van der Waals surface area contributed by atoms with Crippen molar-refractivity contribution < 1.29 is 31.8 Å². The molecule has 3 nitrogen and oxygen atoms in total. The molecule has 0 aliphatic rings. The molecule has 0 fully saturated rings. The minimum Gasteiger partial charge on any atom is -0.394 e. The Balaban J connectivity index is 3.16. The van der Waals surface area contributed by atoms with E-state index in [0.29, 0.717) is 0 Å². The molecule has 0 bridgehead atoms. The third-order valence-corrected chi connectivity index (χ3v) is 2.15. The molecule has 1 rings (SSSR count). The van der Waals surface area contributed by atoms with Crippen LogP contribution in [0.2, 0.25) is 0 Å². The Hall–Kier alpha value is -1.41. The lowest BCUT2D eigenvalue weighted by molar-refractivity contribution is 0.153. The predicted octanol–water partition coefficient (Wildman–Crippen LogP) is 1.80. The summed E-state index contributed by atoms with van der Waals surface area (Å²) < 4.78 is 69.5. The van der Waals surface area contributed by atoms with Gasteiger partial charge in [0.25, 0.3) is 0 Å². The third kappa shape index (κ3) is 2.70. The maximum absolute atomic E-state index is 13.2. The lowest BCUT2D eigenvalue weighted by atomic mass is 10.2. The number of aliphatic hydroxyl groups excluding tert-OH is 1. The fourth-order valence-electron chi connectivity index (χ4n) is 1.28. The summed E-state index contributed by atoms with van der Waals surface area (Å²) in [5.74, 6) is -10.3. The first-order valence-corrected chi connectivity index (χ1v) is 4.81. The number of hydrogen-bond donors (Lipinski definition) is 2. The molecule has 1 aromatic carbocycles. The lowest BCUT2D eigenvalue weighted by Crippen LogP contribution is -2.30. The van der Waals surface area contributed by atoms with Gasteiger partial charge < -0.3 is 15.2 Å². The number of hydrogen-bond acceptors (Lipinski definition) is 3. The van der Waals surface area contributed by atoms with Crippen LogP contribution in [0.1, 0.15) is 0 Å². The molecule has 0 saturated carbocycles. The van der Waals surface area contributed by atoms with E-state index in [1.807, 2.05) is 5.32 Å². The number of rotatable bonds is 5. The number of halogens is 5. The molecule has 0 spiro atoms. The highest BCUT2D eigenvalue weighted by Gasteiger charge is 2.26. The molecule has 18 heavy (non-hydrogen) atoms. The molecule has 0 aliphatic heterocycles. The molecule has 2 N–H and O–H groups in total. The van der Waals surface area contributed by atoms with Crippen molar-refractivity contribution in [1.82, 2.24) is 0 Å². The van der Waals surface area contributed by atoms with E-state index in [0.717, 1.165) is 0 Å². The number of benzene rings is 1. The quantitative estimate of drug-likeness (QED) is 0.487. The molecule has 1 unspecified atom stereocenters. The van der Waals surface area contributed by atoms with Gasteiger partial charge in [-0.1, -0.05) is 0 Å². The highest BCUT2D eigenvalue weighted by atomic mass is 19.2. The second-order valence-electron chi connectivity index (χ2n) is 3.42. The molecule has 0 radical (unpaired) electrons. The van der Waals surface area contributed by atoms with Crippen LogP contribution in [0.4, 0.5) is 27.6 Å². The Morgan fingerprint density at radius 3 is 1.83 bits per heavy atom. The normalized spacial score (nSPS) is 12.6. The van der Waals surface area contributed by atoms with Gasteiger partial charge in [0.15, 0.2) is 23.3 Å². The van der Waals surface area contributed by atoms with E-state index in [9.17, 15) is 22.0 Å². The summed E-state index contributed by atoms with van der Waals surface area (Å²) in [7, 11) is 1.25. The maximum atomic E-state index is 13.2. The zero-order chi connectivity index (χ0) is 13.9. The standard InChI is InChI=1S/C10H10F5NO2/c1-18-3-4(2-17)16-10-8(14)6(12)5(11)7(13)9(10)15/h4,16-17H,2-3H2,1H3. The van der Waals surface area contributed by atoms with Gasteiger partial charge in [-0.3, -0.25) is 0 Å². The van der Waals surface area contributed by atoms with Gasteiger partial charge in [0.1, 0.15) is 5.69 Å². The van der Waals surface area contributed by atoms with Gasteiger partial charge in [-0.05, 0) is 0 Å². The highest BCUT2D eigenvalue weighted by Crippen LogP contribution is 2.27. The van der Waals surface area contributed by atoms with Crippen molar-refractivity contribution in [3.8, 4) is 0 Å². The largest absolute Gasteiger partial charge is 0.394 e. The molecule has 0 saturated heterocycles. The van der Waals surface area contributed by atoms with Crippen LogP contribution in [0.25, 0.3) is 0 Å². The summed E-state index contributed by atoms with van der Waals surface area (Å²) in [5.41, 5.74) is -1.19. The zero-order valence-corrected chi connectivity index (χ0v) is 9.24. The zero-order valence-electron chi connectivity index (χ0n) is 9.24. The van der Waals surface area contributed by atoms with E-state index in [2.05, 4.69) is 4.74 Å². The summed E-state index contributed by atoms with van der Waals surface area (Å²) >= 11 is 0. The van der Waals surface area contributed by atoms with Crippen LogP contribution >= 0.6 is 0 Å². The van der Waals surface area contributed by atoms with Crippen LogP contribution in [-0.2, 0) is 4.74 Å². The Morgan fingerprint density at radius 1 is 1.00 bits per heavy atom. The van der Waals surface area contributed by atoms with E-state index in [4.69, 9.17) is 5.11 Å². The molecule has 0 heterocycles. The molecule has 0 aromatic heterocycles. The first-order chi connectivity index (χ1) is 8.43. The second kappa shape index (κ2) is 5.96. The number of aliphatic hydroxyl groups is 1. The van der Waals surface area contributed by atoms with E-state index in [-0.39, 0.29) is 6.61 Å². The molecule has 1 aromatic rings. The summed E-state index contributed by atoms with van der Waals surface area (Å²) in [4.78, 5) is 0. The summed E-state index contributed by atoms with van der Waals surface area (Å²) in [6.07, 6.45) is 0. The van der Waals surface area contributed by atoms with Gasteiger partial charge in [0, 0.05) is 7.11 Å². The highest BCUT2D eigenvalue weighted by molar-refractivity contribution is 5.48. The Morgan fingerprint density at radius 2 is 1.44 bits per heavy atom. The molecule has 8 heteroatoms. The number of anilines is 1. The predicted molar refractivity (Wildman–Crippen MR) is 52.6 cm³/mol. The average molecular weight is 271 g/mol. The van der Waals surface area contributed by atoms with Crippen LogP contribution < -0.4 is 5.32 Å². The van der Waals surface area contributed by atoms with Crippen molar-refractivity contribution >= 4 is 5.69 Å². The summed E-state index contributed by atoms with van der Waals surface area (Å²) in [6.45, 7) is -0.774. The Bertz CT molecular complexity index is 412. The molecule has 0 amide bonds. The van der Waals surface area contributed by atoms with Crippen molar-refractivity contribution in [2.75, 3.05) is 25.6 Å². The monoisotopic (exact) mass is 271 g/mol. The van der Waals surface area contributed by atoms with Crippen LogP contribution in [0.15, 0.2) is 0 Å². The topological polar surface area (TPSA) is 41.5 Å². The van der Waals surface area contributed by atoms with E-state index >= 15 is 0 Å². The maximum Gasteiger partial charge on any atom is 0.200 e. The fourth-order valence-corrected chi connectivity index (χ4v) is 1.28. The number of ether oxygens (including phenoxy) is 1. The summed E-state index contributed by atoms with van der Waals surface area (Å²) in [6, 6.07) is -0.997. The molecule has 102 valence electrons. The van der Waals surface area contributed by atoms with Crippen LogP contribution in [0, 0.1) is 29.1 Å². The van der Waals surface area contributed by atoms with Crippen molar-refractivity contribution in [2.24, 2.45) is 0 Å². The van der Waals surface area contributed by atoms with Crippen LogP contribution in [-0.4, -0.2) is 31.5 Å². The van der Waals surface area contributed by atoms with Gasteiger partial charge in [0.2, 0.25) is 5.82 Å². The van der Waals surface area contributed by atoms with Gasteiger partial charge in [-0.25, -0.2) is 22.0 Å². The average Bonchev–Trinajstić information content (AvgIpc) is 2.37. The van der Waals surface area contributed by atoms with Gasteiger partial charge in [-0.2, -0.15) is 0 Å². The van der Waals surface area contributed by atoms with Gasteiger partial charge in [-0.15, -0.1) is 0 Å². The molecular weight excluding hydrogens is 261 g/mol. The lowest BCUT2D eigenvalue weighted by Gasteiger charge is -2.18. The molecule has 0 aliphatic carbocycles. The van der Waals surface area contributed by atoms with Gasteiger partial charge >= 0.3 is 0 Å². The molecule has 1 atom stereocenters. The van der Waals surface area contributed by atoms with Crippen LogP contribution in [0.5, 0.6) is 0 Å². The van der Waals surface area contributed by atoms with Crippen LogP contribution in [0.3, 0.4) is 0 Å². The summed E-state index contributed by atoms with van der Waals surface area (Å²) in [5, 5.41) is 10.8. The van der Waals surface area contributed by atoms with E-state index in [1.54, 1.807) is 0 Å². The molecular formula is C10H10F5NO2. The Kier molecular flexibility index (Phi) is 4.85. The first-order valence-electron chi connectivity index (χ1n) is 4.81. The first kappa shape index (κ1) is 14.7. The second-order valence-corrected chi connectivity index (χ2v) is 3.42. The minimum absolute atomic E-state index is 0.171. The number of methoxy groups -OCH3 is 1. The fraction of sp³-hybridized carbons (Fsp3) is 0.400. The minimum atomic E-state index is -2.23. The van der Waals surface area contributed by atoms with Gasteiger partial charge in [0.05, 0.1) is 19.3 Å². The number of nitrogens with one attached hydrogen (secondary N) is 1. The van der Waals surface area contributed by atoms with Crippen molar-refractivity contribution in [1.29, 1.82) is 0 Å². The van der Waals surface area contributed by atoms with E-state index in [1.165, 1.54) is 7.11 Å². The van der Waals surface area contributed by atoms with Crippen molar-refractivity contribution in [3.63, 3.8) is 0 Å². The SMILES string of the molecule is COCC(CO)Nc1c(F)c(F)c(F)c(F)c1F. The smallest absolute Gasteiger partial charge is 0.200 e. The third-order valence-electron chi connectivity index (χ3n) is 2.15.